The third-order valence-corrected chi connectivity index (χ3v) is 4.87. The van der Waals surface area contributed by atoms with Crippen molar-refractivity contribution in [3.05, 3.63) is 20.3 Å². The molecular weight excluding hydrogens is 274 g/mol. The molecule has 3 atom stereocenters. The topological polar surface area (TPSA) is 35.2 Å². The van der Waals surface area contributed by atoms with Crippen molar-refractivity contribution >= 4 is 27.3 Å². The predicted octanol–water partition coefficient (Wildman–Crippen LogP) is 3.39. The molecule has 84 valence electrons. The molecule has 1 aromatic rings. The molecule has 2 nitrogen and oxygen atoms in total. The Balaban J connectivity index is 2.13. The van der Waals surface area contributed by atoms with E-state index in [0.717, 1.165) is 17.3 Å². The third kappa shape index (κ3) is 2.44. The van der Waals surface area contributed by atoms with E-state index in [9.17, 15) is 0 Å². The number of nitrogens with two attached hydrogens (primary N) is 1. The Morgan fingerprint density at radius 2 is 2.33 bits per heavy atom. The van der Waals surface area contributed by atoms with Crippen LogP contribution >= 0.6 is 27.3 Å². The van der Waals surface area contributed by atoms with E-state index in [-0.39, 0.29) is 12.1 Å². The van der Waals surface area contributed by atoms with Gasteiger partial charge in [-0.2, -0.15) is 0 Å². The Morgan fingerprint density at radius 3 is 2.80 bits per heavy atom. The zero-order chi connectivity index (χ0) is 11.0. The molecule has 1 fully saturated rings. The van der Waals surface area contributed by atoms with E-state index in [1.165, 1.54) is 9.75 Å². The van der Waals surface area contributed by atoms with Crippen LogP contribution in [-0.2, 0) is 4.74 Å². The summed E-state index contributed by atoms with van der Waals surface area (Å²) in [6.45, 7) is 4.21. The number of halogens is 1. The Bertz CT molecular complexity index is 352. The third-order valence-electron chi connectivity index (χ3n) is 2.80. The summed E-state index contributed by atoms with van der Waals surface area (Å²) in [4.78, 5) is 2.50. The van der Waals surface area contributed by atoms with Crippen molar-refractivity contribution in [2.24, 2.45) is 5.73 Å². The Labute approximate surface area is 103 Å². The monoisotopic (exact) mass is 289 g/mol. The van der Waals surface area contributed by atoms with Crippen molar-refractivity contribution < 1.29 is 4.74 Å². The summed E-state index contributed by atoms with van der Waals surface area (Å²) < 4.78 is 6.93. The number of hydrogen-bond acceptors (Lipinski definition) is 3. The largest absolute Gasteiger partial charge is 0.373 e. The van der Waals surface area contributed by atoms with Crippen molar-refractivity contribution in [2.75, 3.05) is 0 Å². The lowest BCUT2D eigenvalue weighted by Gasteiger charge is -2.18. The molecule has 0 saturated carbocycles. The van der Waals surface area contributed by atoms with Crippen LogP contribution in [0.25, 0.3) is 0 Å². The summed E-state index contributed by atoms with van der Waals surface area (Å²) in [5.74, 6) is 0. The standard InChI is InChI=1S/C11H16BrNOS/c1-6-3-4-9(14-6)10(13)11-8(12)5-7(2)15-11/h5-6,9-10H,3-4,13H2,1-2H3. The first kappa shape index (κ1) is 11.6. The predicted molar refractivity (Wildman–Crippen MR) is 67.3 cm³/mol. The molecular formula is C11H16BrNOS. The first-order valence-electron chi connectivity index (χ1n) is 5.25. The van der Waals surface area contributed by atoms with E-state index >= 15 is 0 Å². The van der Waals surface area contributed by atoms with E-state index in [1.807, 2.05) is 0 Å². The number of rotatable bonds is 2. The molecule has 2 rings (SSSR count). The van der Waals surface area contributed by atoms with E-state index in [0.29, 0.717) is 6.10 Å². The Hall–Kier alpha value is 0.1000. The minimum atomic E-state index is 0.0167. The van der Waals surface area contributed by atoms with Crippen molar-refractivity contribution in [1.82, 2.24) is 0 Å². The SMILES string of the molecule is Cc1cc(Br)c(C(N)C2CCC(C)O2)s1. The van der Waals surface area contributed by atoms with Gasteiger partial charge in [-0.3, -0.25) is 0 Å². The van der Waals surface area contributed by atoms with Gasteiger partial charge in [-0.25, -0.2) is 0 Å². The highest BCUT2D eigenvalue weighted by Crippen LogP contribution is 2.36. The number of aryl methyl sites for hydroxylation is 1. The molecule has 1 aromatic heterocycles. The number of hydrogen-bond donors (Lipinski definition) is 1. The fourth-order valence-electron chi connectivity index (χ4n) is 1.99. The molecule has 0 amide bonds. The van der Waals surface area contributed by atoms with Gasteiger partial charge in [0.2, 0.25) is 0 Å². The lowest BCUT2D eigenvalue weighted by atomic mass is 10.1. The summed E-state index contributed by atoms with van der Waals surface area (Å²) in [5.41, 5.74) is 6.23. The second kappa shape index (κ2) is 4.53. The molecule has 0 aromatic carbocycles. The van der Waals surface area contributed by atoms with Crippen LogP contribution in [-0.4, -0.2) is 12.2 Å². The van der Waals surface area contributed by atoms with Crippen LogP contribution in [0.15, 0.2) is 10.5 Å². The fraction of sp³-hybridized carbons (Fsp3) is 0.636. The average Bonchev–Trinajstić information content (AvgIpc) is 2.71. The maximum Gasteiger partial charge on any atom is 0.0780 e. The highest BCUT2D eigenvalue weighted by atomic mass is 79.9. The van der Waals surface area contributed by atoms with Crippen molar-refractivity contribution in [1.29, 1.82) is 0 Å². The maximum atomic E-state index is 6.23. The Kier molecular flexibility index (Phi) is 3.50. The molecule has 15 heavy (non-hydrogen) atoms. The lowest BCUT2D eigenvalue weighted by molar-refractivity contribution is 0.0407. The van der Waals surface area contributed by atoms with Crippen molar-refractivity contribution in [3.8, 4) is 0 Å². The zero-order valence-corrected chi connectivity index (χ0v) is 11.4. The molecule has 3 unspecified atom stereocenters. The fourth-order valence-corrected chi connectivity index (χ4v) is 3.96. The summed E-state index contributed by atoms with van der Waals surface area (Å²) in [7, 11) is 0. The van der Waals surface area contributed by atoms with Crippen molar-refractivity contribution in [3.63, 3.8) is 0 Å². The van der Waals surface area contributed by atoms with Gasteiger partial charge in [0.25, 0.3) is 0 Å². The van der Waals surface area contributed by atoms with Crippen molar-refractivity contribution in [2.45, 2.75) is 44.9 Å². The summed E-state index contributed by atoms with van der Waals surface area (Å²) >= 11 is 5.31. The van der Waals surface area contributed by atoms with Gasteiger partial charge in [0.1, 0.15) is 0 Å². The van der Waals surface area contributed by atoms with E-state index < -0.39 is 0 Å². The summed E-state index contributed by atoms with van der Waals surface area (Å²) in [6.07, 6.45) is 2.75. The molecule has 1 aliphatic heterocycles. The first-order chi connectivity index (χ1) is 7.08. The van der Waals surface area contributed by atoms with Gasteiger partial charge in [0.15, 0.2) is 0 Å². The van der Waals surface area contributed by atoms with Gasteiger partial charge in [0, 0.05) is 14.2 Å². The highest BCUT2D eigenvalue weighted by molar-refractivity contribution is 9.10. The van der Waals surface area contributed by atoms with Gasteiger partial charge in [0.05, 0.1) is 18.2 Å². The summed E-state index contributed by atoms with van der Waals surface area (Å²) in [6, 6.07) is 2.14. The smallest absolute Gasteiger partial charge is 0.0780 e. The van der Waals surface area contributed by atoms with Gasteiger partial charge in [-0.15, -0.1) is 11.3 Å². The second-order valence-electron chi connectivity index (χ2n) is 4.16. The molecule has 1 aliphatic rings. The van der Waals surface area contributed by atoms with Crippen LogP contribution in [0.5, 0.6) is 0 Å². The minimum absolute atomic E-state index is 0.0167. The molecule has 1 saturated heterocycles. The lowest BCUT2D eigenvalue weighted by Crippen LogP contribution is -2.25. The quantitative estimate of drug-likeness (QED) is 0.906. The van der Waals surface area contributed by atoms with E-state index in [2.05, 4.69) is 35.8 Å². The van der Waals surface area contributed by atoms with Crippen LogP contribution in [0.4, 0.5) is 0 Å². The van der Waals surface area contributed by atoms with Crippen LogP contribution in [0.3, 0.4) is 0 Å². The van der Waals surface area contributed by atoms with E-state index in [4.69, 9.17) is 10.5 Å². The van der Waals surface area contributed by atoms with Crippen LogP contribution in [0.2, 0.25) is 0 Å². The molecule has 4 heteroatoms. The van der Waals surface area contributed by atoms with Gasteiger partial charge >= 0.3 is 0 Å². The molecule has 0 radical (unpaired) electrons. The molecule has 0 bridgehead atoms. The molecule has 0 spiro atoms. The Morgan fingerprint density at radius 1 is 1.60 bits per heavy atom. The number of ether oxygens (including phenoxy) is 1. The molecule has 0 aliphatic carbocycles. The number of thiophene rings is 1. The van der Waals surface area contributed by atoms with Crippen LogP contribution in [0, 0.1) is 6.92 Å². The normalized spacial score (nSPS) is 28.3. The van der Waals surface area contributed by atoms with Crippen LogP contribution < -0.4 is 5.73 Å². The van der Waals surface area contributed by atoms with Gasteiger partial charge in [-0.1, -0.05) is 0 Å². The summed E-state index contributed by atoms with van der Waals surface area (Å²) in [5, 5.41) is 0. The minimum Gasteiger partial charge on any atom is -0.373 e. The molecule has 2 N–H and O–H groups in total. The first-order valence-corrected chi connectivity index (χ1v) is 6.85. The van der Waals surface area contributed by atoms with Crippen LogP contribution in [0.1, 0.15) is 35.6 Å². The van der Waals surface area contributed by atoms with E-state index in [1.54, 1.807) is 11.3 Å². The van der Waals surface area contributed by atoms with Gasteiger partial charge < -0.3 is 10.5 Å². The molecule has 2 heterocycles. The second-order valence-corrected chi connectivity index (χ2v) is 6.30. The van der Waals surface area contributed by atoms with Gasteiger partial charge in [-0.05, 0) is 48.7 Å². The zero-order valence-electron chi connectivity index (χ0n) is 9.00. The highest BCUT2D eigenvalue weighted by Gasteiger charge is 2.30. The maximum absolute atomic E-state index is 6.23. The average molecular weight is 290 g/mol.